The molecule has 2 heterocycles. The fourth-order valence-electron chi connectivity index (χ4n) is 3.93. The smallest absolute Gasteiger partial charge is 0.121 e. The van der Waals surface area contributed by atoms with Crippen LogP contribution in [0.15, 0.2) is 66.9 Å². The van der Waals surface area contributed by atoms with Crippen molar-refractivity contribution in [1.82, 2.24) is 15.2 Å². The third-order valence-corrected chi connectivity index (χ3v) is 5.40. The van der Waals surface area contributed by atoms with Crippen molar-refractivity contribution >= 4 is 54.2 Å². The molecule has 2 aromatic carbocycles. The Morgan fingerprint density at radius 2 is 1.77 bits per heavy atom. The Hall–Kier alpha value is -1.82. The van der Waals surface area contributed by atoms with Crippen LogP contribution in [0.3, 0.4) is 0 Å². The number of nitrogens with zero attached hydrogens (tertiary/aromatic N) is 2. The molecule has 0 spiro atoms. The largest absolute Gasteiger partial charge is 0.497 e. The van der Waals surface area contributed by atoms with Gasteiger partial charge in [0.25, 0.3) is 0 Å². The Morgan fingerprint density at radius 3 is 2.48 bits per heavy atom. The third-order valence-electron chi connectivity index (χ3n) is 5.40. The predicted molar refractivity (Wildman–Crippen MR) is 137 cm³/mol. The number of pyridine rings is 1. The molecule has 1 N–H and O–H groups in total. The van der Waals surface area contributed by atoms with Crippen LogP contribution in [-0.4, -0.2) is 43.2 Å². The van der Waals surface area contributed by atoms with E-state index in [0.717, 1.165) is 43.9 Å². The lowest BCUT2D eigenvalue weighted by Crippen LogP contribution is -2.45. The Labute approximate surface area is 203 Å². The SMILES string of the molecule is COc1ccc2c(C(C/C=C/c3ccccc3)N3CCNCC3)ccnc2c1.Cl.Cl.Cl. The number of nitrogens with one attached hydrogen (secondary N) is 1. The van der Waals surface area contributed by atoms with Crippen molar-refractivity contribution in [2.75, 3.05) is 33.3 Å². The van der Waals surface area contributed by atoms with E-state index in [4.69, 9.17) is 4.74 Å². The zero-order chi connectivity index (χ0) is 19.2. The second kappa shape index (κ2) is 13.6. The van der Waals surface area contributed by atoms with Crippen molar-refractivity contribution in [3.63, 3.8) is 0 Å². The second-order valence-electron chi connectivity index (χ2n) is 7.13. The molecule has 0 bridgehead atoms. The minimum Gasteiger partial charge on any atom is -0.497 e. The van der Waals surface area contributed by atoms with Crippen LogP contribution in [0.5, 0.6) is 5.75 Å². The number of piperazine rings is 1. The van der Waals surface area contributed by atoms with Crippen molar-refractivity contribution < 1.29 is 4.74 Å². The first kappa shape index (κ1) is 27.2. The van der Waals surface area contributed by atoms with Gasteiger partial charge in [0.15, 0.2) is 0 Å². The summed E-state index contributed by atoms with van der Waals surface area (Å²) in [5.41, 5.74) is 3.57. The van der Waals surface area contributed by atoms with E-state index < -0.39 is 0 Å². The summed E-state index contributed by atoms with van der Waals surface area (Å²) in [5.74, 6) is 0.847. The van der Waals surface area contributed by atoms with Gasteiger partial charge in [-0.05, 0) is 35.7 Å². The van der Waals surface area contributed by atoms with Crippen molar-refractivity contribution in [2.24, 2.45) is 0 Å². The third kappa shape index (κ3) is 6.83. The van der Waals surface area contributed by atoms with Gasteiger partial charge >= 0.3 is 0 Å². The van der Waals surface area contributed by atoms with Gasteiger partial charge in [-0.2, -0.15) is 0 Å². The van der Waals surface area contributed by atoms with E-state index in [1.54, 1.807) is 7.11 Å². The lowest BCUT2D eigenvalue weighted by atomic mass is 9.96. The first-order valence-electron chi connectivity index (χ1n) is 9.94. The molecule has 1 atom stereocenters. The molecular weight excluding hydrogens is 453 g/mol. The van der Waals surface area contributed by atoms with Crippen LogP contribution < -0.4 is 10.1 Å². The monoisotopic (exact) mass is 481 g/mol. The van der Waals surface area contributed by atoms with Gasteiger partial charge in [0.2, 0.25) is 0 Å². The number of aromatic nitrogens is 1. The number of benzene rings is 2. The van der Waals surface area contributed by atoms with E-state index >= 15 is 0 Å². The summed E-state index contributed by atoms with van der Waals surface area (Å²) < 4.78 is 5.38. The van der Waals surface area contributed by atoms with Crippen LogP contribution in [0.25, 0.3) is 17.0 Å². The normalized spacial score (nSPS) is 14.9. The Bertz CT molecular complexity index is 947. The van der Waals surface area contributed by atoms with Gasteiger partial charge in [-0.3, -0.25) is 9.88 Å². The summed E-state index contributed by atoms with van der Waals surface area (Å²) in [4.78, 5) is 7.17. The van der Waals surface area contributed by atoms with Gasteiger partial charge < -0.3 is 10.1 Å². The van der Waals surface area contributed by atoms with Crippen molar-refractivity contribution in [1.29, 1.82) is 0 Å². The number of hydrogen-bond acceptors (Lipinski definition) is 4. The number of fused-ring (bicyclic) bond motifs is 1. The molecule has 1 aliphatic heterocycles. The van der Waals surface area contributed by atoms with E-state index in [9.17, 15) is 0 Å². The minimum atomic E-state index is 0. The molecule has 3 aromatic rings. The molecule has 0 saturated carbocycles. The van der Waals surface area contributed by atoms with Crippen LogP contribution in [0, 0.1) is 0 Å². The molecule has 1 saturated heterocycles. The Morgan fingerprint density at radius 1 is 1.03 bits per heavy atom. The molecular formula is C24H30Cl3N3O. The summed E-state index contributed by atoms with van der Waals surface area (Å²) in [7, 11) is 1.70. The molecule has 1 fully saturated rings. The topological polar surface area (TPSA) is 37.4 Å². The fourth-order valence-corrected chi connectivity index (χ4v) is 3.93. The first-order chi connectivity index (χ1) is 13.8. The van der Waals surface area contributed by atoms with Crippen LogP contribution in [0.4, 0.5) is 0 Å². The summed E-state index contributed by atoms with van der Waals surface area (Å²) in [6, 6.07) is 19.2. The van der Waals surface area contributed by atoms with E-state index in [0.29, 0.717) is 6.04 Å². The maximum Gasteiger partial charge on any atom is 0.121 e. The van der Waals surface area contributed by atoms with Gasteiger partial charge in [-0.1, -0.05) is 42.5 Å². The number of rotatable bonds is 6. The molecule has 4 rings (SSSR count). The number of methoxy groups -OCH3 is 1. The maximum atomic E-state index is 5.38. The van der Waals surface area contributed by atoms with Gasteiger partial charge in [0.05, 0.1) is 12.6 Å². The van der Waals surface area contributed by atoms with Crippen LogP contribution in [0.1, 0.15) is 23.6 Å². The highest BCUT2D eigenvalue weighted by Gasteiger charge is 2.23. The van der Waals surface area contributed by atoms with Crippen molar-refractivity contribution in [3.05, 3.63) is 78.0 Å². The average Bonchev–Trinajstić information content (AvgIpc) is 2.77. The molecule has 1 aromatic heterocycles. The van der Waals surface area contributed by atoms with E-state index in [1.165, 1.54) is 16.5 Å². The van der Waals surface area contributed by atoms with Crippen molar-refractivity contribution in [2.45, 2.75) is 12.5 Å². The summed E-state index contributed by atoms with van der Waals surface area (Å²) in [6.07, 6.45) is 7.42. The average molecular weight is 483 g/mol. The number of ether oxygens (including phenoxy) is 1. The second-order valence-corrected chi connectivity index (χ2v) is 7.13. The highest BCUT2D eigenvalue weighted by Crippen LogP contribution is 2.32. The first-order valence-corrected chi connectivity index (χ1v) is 9.94. The highest BCUT2D eigenvalue weighted by molar-refractivity contribution is 5.86. The zero-order valence-electron chi connectivity index (χ0n) is 17.6. The standard InChI is InChI=1S/C24H27N3O.3ClH/c1-28-20-10-11-21-22(12-13-26-23(21)18-20)24(27-16-14-25-15-17-27)9-5-8-19-6-3-2-4-7-19;;;/h2-8,10-13,18,24-25H,9,14-17H2,1H3;3*1H/b8-5+;;;. The summed E-state index contributed by atoms with van der Waals surface area (Å²) in [5, 5.41) is 4.67. The van der Waals surface area contributed by atoms with E-state index in [2.05, 4.69) is 69.8 Å². The Balaban J connectivity index is 0.00000160. The number of halogens is 3. The van der Waals surface area contributed by atoms with E-state index in [-0.39, 0.29) is 37.2 Å². The summed E-state index contributed by atoms with van der Waals surface area (Å²) >= 11 is 0. The molecule has 1 aliphatic rings. The zero-order valence-corrected chi connectivity index (χ0v) is 20.0. The maximum absolute atomic E-state index is 5.38. The van der Waals surface area contributed by atoms with Crippen molar-refractivity contribution in [3.8, 4) is 5.75 Å². The minimum absolute atomic E-state index is 0. The van der Waals surface area contributed by atoms with Gasteiger partial charge in [-0.25, -0.2) is 0 Å². The molecule has 0 amide bonds. The molecule has 0 radical (unpaired) electrons. The Kier molecular flexibility index (Phi) is 11.9. The van der Waals surface area contributed by atoms with Crippen LogP contribution in [-0.2, 0) is 0 Å². The lowest BCUT2D eigenvalue weighted by molar-refractivity contribution is 0.175. The van der Waals surface area contributed by atoms with Crippen LogP contribution >= 0.6 is 37.2 Å². The fraction of sp³-hybridized carbons (Fsp3) is 0.292. The van der Waals surface area contributed by atoms with Gasteiger partial charge in [-0.15, -0.1) is 37.2 Å². The van der Waals surface area contributed by atoms with E-state index in [1.807, 2.05) is 18.3 Å². The van der Waals surface area contributed by atoms with Gasteiger partial charge in [0.1, 0.15) is 5.75 Å². The molecule has 168 valence electrons. The highest BCUT2D eigenvalue weighted by atomic mass is 35.5. The quantitative estimate of drug-likeness (QED) is 0.499. The molecule has 7 heteroatoms. The molecule has 0 aliphatic carbocycles. The van der Waals surface area contributed by atoms with Gasteiger partial charge in [0, 0.05) is 49.9 Å². The molecule has 1 unspecified atom stereocenters. The number of hydrogen-bond donors (Lipinski definition) is 1. The van der Waals surface area contributed by atoms with Crippen LogP contribution in [0.2, 0.25) is 0 Å². The molecule has 4 nitrogen and oxygen atoms in total. The molecule has 31 heavy (non-hydrogen) atoms. The lowest BCUT2D eigenvalue weighted by Gasteiger charge is -2.35. The summed E-state index contributed by atoms with van der Waals surface area (Å²) in [6.45, 7) is 4.19. The predicted octanol–water partition coefficient (Wildman–Crippen LogP) is 5.56.